The number of amides is 1. The second-order valence-electron chi connectivity index (χ2n) is 6.67. The van der Waals surface area contributed by atoms with Gasteiger partial charge in [-0.25, -0.2) is 0 Å². The van der Waals surface area contributed by atoms with Gasteiger partial charge in [0, 0.05) is 6.42 Å². The molecule has 2 rings (SSSR count). The summed E-state index contributed by atoms with van der Waals surface area (Å²) in [6, 6.07) is 9.31. The van der Waals surface area contributed by atoms with Gasteiger partial charge in [-0.3, -0.25) is 14.5 Å². The highest BCUT2D eigenvalue weighted by atomic mass is 16.5. The highest BCUT2D eigenvalue weighted by molar-refractivity contribution is 6.21. The number of aliphatic hydroxyl groups excluding tert-OH is 1. The molecule has 1 atom stereocenters. The number of carbonyl (C=O) groups is 2. The molecule has 0 aromatic heterocycles. The summed E-state index contributed by atoms with van der Waals surface area (Å²) in [5.41, 5.74) is 0.266. The predicted octanol–water partition coefficient (Wildman–Crippen LogP) is 2.74. The Morgan fingerprint density at radius 1 is 1.33 bits per heavy atom. The number of nitrogens with zero attached hydrogens (tertiary/aromatic N) is 1. The molecule has 1 unspecified atom stereocenters. The van der Waals surface area contributed by atoms with Crippen molar-refractivity contribution in [2.75, 3.05) is 6.73 Å². The summed E-state index contributed by atoms with van der Waals surface area (Å²) >= 11 is 0. The minimum absolute atomic E-state index is 0.0500. The van der Waals surface area contributed by atoms with E-state index in [2.05, 4.69) is 0 Å². The molecule has 1 N–H and O–H groups in total. The van der Waals surface area contributed by atoms with E-state index in [0.29, 0.717) is 17.8 Å². The molecule has 0 spiro atoms. The average molecular weight is 331 g/mol. The zero-order valence-corrected chi connectivity index (χ0v) is 14.7. The van der Waals surface area contributed by atoms with Crippen LogP contribution in [0.5, 0.6) is 0 Å². The molecule has 0 fully saturated rings. The van der Waals surface area contributed by atoms with Crippen LogP contribution in [0.3, 0.4) is 0 Å². The van der Waals surface area contributed by atoms with Gasteiger partial charge in [-0.2, -0.15) is 0 Å². The summed E-state index contributed by atoms with van der Waals surface area (Å²) in [4.78, 5) is 27.0. The van der Waals surface area contributed by atoms with Gasteiger partial charge in [-0.05, 0) is 39.7 Å². The first-order valence-corrected chi connectivity index (χ1v) is 8.17. The minimum atomic E-state index is -0.993. The van der Waals surface area contributed by atoms with Gasteiger partial charge in [-0.15, -0.1) is 0 Å². The largest absolute Gasteiger partial charge is 0.477 e. The fraction of sp³-hybridized carbons (Fsp3) is 0.474. The van der Waals surface area contributed by atoms with Crippen molar-refractivity contribution < 1.29 is 19.4 Å². The molecule has 130 valence electrons. The van der Waals surface area contributed by atoms with Gasteiger partial charge < -0.3 is 9.84 Å². The first-order valence-electron chi connectivity index (χ1n) is 8.17. The Bertz CT molecular complexity index is 647. The van der Waals surface area contributed by atoms with Crippen molar-refractivity contribution in [1.29, 1.82) is 0 Å². The number of ether oxygens (including phenoxy) is 1. The van der Waals surface area contributed by atoms with E-state index in [-0.39, 0.29) is 24.8 Å². The Hall–Kier alpha value is -2.14. The van der Waals surface area contributed by atoms with E-state index in [1.54, 1.807) is 27.7 Å². The highest BCUT2D eigenvalue weighted by Gasteiger charge is 2.41. The smallest absolute Gasteiger partial charge is 0.261 e. The molecule has 1 aliphatic heterocycles. The zero-order valence-electron chi connectivity index (χ0n) is 14.7. The molecule has 5 nitrogen and oxygen atoms in total. The number of hydrogen-bond acceptors (Lipinski definition) is 4. The maximum atomic E-state index is 13.0. The van der Waals surface area contributed by atoms with Crippen molar-refractivity contribution in [3.05, 3.63) is 41.7 Å². The van der Waals surface area contributed by atoms with Gasteiger partial charge >= 0.3 is 0 Å². The van der Waals surface area contributed by atoms with Crippen LogP contribution >= 0.6 is 0 Å². The number of aliphatic hydroxyl groups is 1. The lowest BCUT2D eigenvalue weighted by Gasteiger charge is -2.40. The number of ketones is 1. The van der Waals surface area contributed by atoms with Crippen molar-refractivity contribution in [2.24, 2.45) is 0 Å². The molecule has 0 saturated carbocycles. The van der Waals surface area contributed by atoms with E-state index in [9.17, 15) is 14.7 Å². The first-order chi connectivity index (χ1) is 11.2. The fourth-order valence-electron chi connectivity index (χ4n) is 2.72. The second kappa shape index (κ2) is 7.18. The molecule has 1 heterocycles. The number of rotatable bonds is 6. The van der Waals surface area contributed by atoms with Crippen LogP contribution in [0.25, 0.3) is 5.57 Å². The van der Waals surface area contributed by atoms with Gasteiger partial charge in [-0.1, -0.05) is 30.3 Å². The average Bonchev–Trinajstić information content (AvgIpc) is 2.53. The Morgan fingerprint density at radius 2 is 1.96 bits per heavy atom. The second-order valence-corrected chi connectivity index (χ2v) is 6.67. The third-order valence-electron chi connectivity index (χ3n) is 4.43. The molecule has 1 amide bonds. The number of benzene rings is 1. The Balaban J connectivity index is 2.27. The van der Waals surface area contributed by atoms with Crippen LogP contribution in [-0.4, -0.2) is 40.1 Å². The lowest BCUT2D eigenvalue weighted by atomic mass is 9.91. The van der Waals surface area contributed by atoms with Crippen molar-refractivity contribution in [3.63, 3.8) is 0 Å². The molecule has 1 aromatic rings. The molecule has 5 heteroatoms. The molecule has 1 aliphatic rings. The molecule has 0 radical (unpaired) electrons. The molecular formula is C19H25NO4. The van der Waals surface area contributed by atoms with Gasteiger partial charge in [0.15, 0.2) is 12.5 Å². The van der Waals surface area contributed by atoms with Crippen LogP contribution in [-0.2, 0) is 14.3 Å². The lowest BCUT2D eigenvalue weighted by Crippen LogP contribution is -2.55. The third kappa shape index (κ3) is 3.67. The Labute approximate surface area is 142 Å². The van der Waals surface area contributed by atoms with Crippen LogP contribution in [0.15, 0.2) is 36.1 Å². The number of allylic oxidation sites excluding steroid dienone is 1. The van der Waals surface area contributed by atoms with Gasteiger partial charge in [0.2, 0.25) is 0 Å². The monoisotopic (exact) mass is 331 g/mol. The van der Waals surface area contributed by atoms with E-state index < -0.39 is 11.6 Å². The van der Waals surface area contributed by atoms with E-state index >= 15 is 0 Å². The zero-order chi connectivity index (χ0) is 17.9. The fourth-order valence-corrected chi connectivity index (χ4v) is 2.72. The van der Waals surface area contributed by atoms with Gasteiger partial charge in [0.05, 0.1) is 17.2 Å². The van der Waals surface area contributed by atoms with E-state index in [1.807, 2.05) is 30.3 Å². The molecule has 24 heavy (non-hydrogen) atoms. The summed E-state index contributed by atoms with van der Waals surface area (Å²) < 4.78 is 5.67. The van der Waals surface area contributed by atoms with Gasteiger partial charge in [0.25, 0.3) is 5.91 Å². The SMILES string of the molecule is CC1=C(c2ccccc2)C(=O)N(C(C)(C)C(=O)CCC(C)O)CO1. The van der Waals surface area contributed by atoms with Crippen LogP contribution in [0.4, 0.5) is 0 Å². The maximum Gasteiger partial charge on any atom is 0.261 e. The summed E-state index contributed by atoms with van der Waals surface area (Å²) in [6.45, 7) is 6.91. The van der Waals surface area contributed by atoms with Gasteiger partial charge in [0.1, 0.15) is 5.76 Å². The Morgan fingerprint density at radius 3 is 2.54 bits per heavy atom. The number of carbonyl (C=O) groups excluding carboxylic acids is 2. The molecule has 1 aromatic carbocycles. The van der Waals surface area contributed by atoms with Crippen molar-refractivity contribution in [2.45, 2.75) is 52.2 Å². The van der Waals surface area contributed by atoms with Crippen LogP contribution < -0.4 is 0 Å². The highest BCUT2D eigenvalue weighted by Crippen LogP contribution is 2.31. The number of hydrogen-bond donors (Lipinski definition) is 1. The van der Waals surface area contributed by atoms with Crippen molar-refractivity contribution in [3.8, 4) is 0 Å². The molecule has 0 bridgehead atoms. The molecular weight excluding hydrogens is 306 g/mol. The van der Waals surface area contributed by atoms with E-state index in [4.69, 9.17) is 4.74 Å². The van der Waals surface area contributed by atoms with Crippen LogP contribution in [0.1, 0.15) is 46.1 Å². The minimum Gasteiger partial charge on any atom is -0.477 e. The topological polar surface area (TPSA) is 66.8 Å². The molecule has 0 saturated heterocycles. The predicted molar refractivity (Wildman–Crippen MR) is 91.8 cm³/mol. The van der Waals surface area contributed by atoms with Crippen molar-refractivity contribution in [1.82, 2.24) is 4.90 Å². The quantitative estimate of drug-likeness (QED) is 0.870. The lowest BCUT2D eigenvalue weighted by molar-refractivity contribution is -0.148. The summed E-state index contributed by atoms with van der Waals surface area (Å²) in [5, 5.41) is 9.39. The molecule has 0 aliphatic carbocycles. The third-order valence-corrected chi connectivity index (χ3v) is 4.43. The van der Waals surface area contributed by atoms with Crippen LogP contribution in [0, 0.1) is 0 Å². The standard InChI is InChI=1S/C19H25NO4/c1-13(21)10-11-16(22)19(3,4)20-12-24-14(2)17(18(20)23)15-8-6-5-7-9-15/h5-9,13,21H,10-12H2,1-4H3. The summed E-state index contributed by atoms with van der Waals surface area (Å²) in [5.74, 6) is 0.266. The Kier molecular flexibility index (Phi) is 5.44. The van der Waals surface area contributed by atoms with Crippen LogP contribution in [0.2, 0.25) is 0 Å². The van der Waals surface area contributed by atoms with E-state index in [0.717, 1.165) is 5.56 Å². The van der Waals surface area contributed by atoms with Crippen molar-refractivity contribution >= 4 is 17.3 Å². The maximum absolute atomic E-state index is 13.0. The number of Topliss-reactive ketones (excluding diaryl/α,β-unsaturated/α-hetero) is 1. The van der Waals surface area contributed by atoms with E-state index in [1.165, 1.54) is 4.90 Å². The summed E-state index contributed by atoms with van der Waals surface area (Å²) in [6.07, 6.45) is 0.0590. The normalized spacial score (nSPS) is 16.9. The first kappa shape index (κ1) is 18.2. The summed E-state index contributed by atoms with van der Waals surface area (Å²) in [7, 11) is 0.